The first-order valence-corrected chi connectivity index (χ1v) is 11.9. The van der Waals surface area contributed by atoms with Gasteiger partial charge in [-0.3, -0.25) is 14.5 Å². The van der Waals surface area contributed by atoms with E-state index in [9.17, 15) is 18.0 Å². The van der Waals surface area contributed by atoms with Gasteiger partial charge in [-0.2, -0.15) is 18.3 Å². The van der Waals surface area contributed by atoms with Gasteiger partial charge < -0.3 is 15.2 Å². The fourth-order valence-corrected chi connectivity index (χ4v) is 4.03. The van der Waals surface area contributed by atoms with Gasteiger partial charge in [-0.15, -0.1) is 0 Å². The maximum absolute atomic E-state index is 13.6. The molecule has 0 aliphatic heterocycles. The molecule has 0 bridgehead atoms. The van der Waals surface area contributed by atoms with E-state index in [1.54, 1.807) is 55.4 Å². The number of rotatable bonds is 7. The molecule has 0 radical (unpaired) electrons. The Morgan fingerprint density at radius 2 is 1.87 bits per heavy atom. The Morgan fingerprint density at radius 1 is 1.13 bits per heavy atom. The number of carbonyl (C=O) groups is 1. The molecule has 0 atom stereocenters. The summed E-state index contributed by atoms with van der Waals surface area (Å²) in [6.45, 7) is 5.51. The zero-order valence-electron chi connectivity index (χ0n) is 22.1. The van der Waals surface area contributed by atoms with Crippen LogP contribution in [-0.2, 0) is 13.2 Å². The maximum atomic E-state index is 13.6. The summed E-state index contributed by atoms with van der Waals surface area (Å²) in [6, 6.07) is 8.26. The largest absolute Gasteiger partial charge is 0.416 e. The molecular weight excluding hydrogens is 509 g/mol. The number of carbonyl (C=O) groups excluding carboxylic acids is 1. The lowest BCUT2D eigenvalue weighted by atomic mass is 10.1. The maximum Gasteiger partial charge on any atom is 0.416 e. The summed E-state index contributed by atoms with van der Waals surface area (Å²) in [5.74, 6) is 5.68. The second kappa shape index (κ2) is 10.7. The number of alkyl halides is 3. The summed E-state index contributed by atoms with van der Waals surface area (Å²) in [7, 11) is 3.61. The number of hydrogen-bond acceptors (Lipinski definition) is 6. The van der Waals surface area contributed by atoms with Crippen LogP contribution in [-0.4, -0.2) is 32.3 Å². The molecule has 0 fully saturated rings. The lowest BCUT2D eigenvalue weighted by Crippen LogP contribution is -2.27. The van der Waals surface area contributed by atoms with Gasteiger partial charge in [0.15, 0.2) is 0 Å². The highest BCUT2D eigenvalue weighted by atomic mass is 19.4. The number of nitrogens with zero attached hydrogens (tertiary/aromatic N) is 5. The number of nitrogens with one attached hydrogen (secondary N) is 2. The number of halogens is 3. The molecule has 9 nitrogen and oxygen atoms in total. The third-order valence-electron chi connectivity index (χ3n) is 6.33. The lowest BCUT2D eigenvalue weighted by Gasteiger charge is -2.20. The van der Waals surface area contributed by atoms with Crippen LogP contribution in [0.25, 0.3) is 11.4 Å². The Hall–Kier alpha value is -4.58. The van der Waals surface area contributed by atoms with Crippen LogP contribution in [0, 0.1) is 20.8 Å². The third-order valence-corrected chi connectivity index (χ3v) is 6.33. The molecule has 1 amide bonds. The highest BCUT2D eigenvalue weighted by Gasteiger charge is 2.32. The number of hydrogen-bond donors (Lipinski definition) is 3. The third kappa shape index (κ3) is 5.96. The molecule has 2 aromatic carbocycles. The lowest BCUT2D eigenvalue weighted by molar-refractivity contribution is -0.137. The molecule has 0 saturated carbocycles. The van der Waals surface area contributed by atoms with Crippen LogP contribution in [0.15, 0.2) is 61.3 Å². The van der Waals surface area contributed by atoms with E-state index in [2.05, 4.69) is 20.7 Å². The summed E-state index contributed by atoms with van der Waals surface area (Å²) < 4.78 is 44.1. The molecule has 4 N–H and O–H groups in total. The van der Waals surface area contributed by atoms with Crippen molar-refractivity contribution in [3.63, 3.8) is 0 Å². The SMILES string of the molecule is CN/C(=C\N(N)c1cc(NC(=O)c2cc(-n3cnc(C)c3)cc(C(F)(F)F)c2)ccc1C)c1cnn(C)c1C. The van der Waals surface area contributed by atoms with Gasteiger partial charge in [0.1, 0.15) is 0 Å². The number of amides is 1. The molecule has 204 valence electrons. The molecule has 4 aromatic rings. The van der Waals surface area contributed by atoms with E-state index in [0.717, 1.165) is 34.7 Å². The molecule has 12 heteroatoms. The van der Waals surface area contributed by atoms with Crippen LogP contribution >= 0.6 is 0 Å². The Morgan fingerprint density at radius 3 is 2.46 bits per heavy atom. The van der Waals surface area contributed by atoms with Crippen molar-refractivity contribution in [2.45, 2.75) is 26.9 Å². The highest BCUT2D eigenvalue weighted by molar-refractivity contribution is 6.05. The van der Waals surface area contributed by atoms with Crippen LogP contribution < -0.4 is 21.5 Å². The summed E-state index contributed by atoms with van der Waals surface area (Å²) in [5, 5.41) is 11.5. The van der Waals surface area contributed by atoms with Crippen molar-refractivity contribution in [2.24, 2.45) is 12.9 Å². The summed E-state index contributed by atoms with van der Waals surface area (Å²) >= 11 is 0. The molecule has 0 aliphatic rings. The summed E-state index contributed by atoms with van der Waals surface area (Å²) in [5.41, 5.74) is 4.01. The zero-order valence-corrected chi connectivity index (χ0v) is 22.1. The van der Waals surface area contributed by atoms with E-state index in [1.165, 1.54) is 22.0 Å². The van der Waals surface area contributed by atoms with Crippen molar-refractivity contribution in [3.8, 4) is 5.69 Å². The predicted molar refractivity (Wildman–Crippen MR) is 144 cm³/mol. The summed E-state index contributed by atoms with van der Waals surface area (Å²) in [4.78, 5) is 17.2. The van der Waals surface area contributed by atoms with E-state index in [0.29, 0.717) is 17.1 Å². The van der Waals surface area contributed by atoms with Crippen molar-refractivity contribution in [1.82, 2.24) is 24.6 Å². The Bertz CT molecular complexity index is 1550. The van der Waals surface area contributed by atoms with Crippen molar-refractivity contribution in [2.75, 3.05) is 17.4 Å². The van der Waals surface area contributed by atoms with Gasteiger partial charge in [0.05, 0.1) is 35.2 Å². The minimum atomic E-state index is -4.64. The molecule has 4 rings (SSSR count). The van der Waals surface area contributed by atoms with E-state index in [1.807, 2.05) is 20.9 Å². The number of nitrogens with two attached hydrogens (primary N) is 1. The van der Waals surface area contributed by atoms with Crippen molar-refractivity contribution >= 4 is 23.0 Å². The predicted octanol–water partition coefficient (Wildman–Crippen LogP) is 4.70. The van der Waals surface area contributed by atoms with Crippen LogP contribution in [0.1, 0.15) is 38.4 Å². The number of aryl methyl sites for hydroxylation is 3. The standard InChI is InChI=1S/C27H29F3N8O/c1-16-6-7-21(11-25(16)38(31)14-24(32-4)23-12-34-36(5)18(23)3)35-26(39)19-8-20(27(28,29)30)10-22(9-19)37-13-17(2)33-15-37/h6-15,32H,31H2,1-5H3,(H,35,39)/b24-14-. The van der Waals surface area contributed by atoms with Crippen molar-refractivity contribution in [1.29, 1.82) is 0 Å². The normalized spacial score (nSPS) is 12.0. The molecule has 0 unspecified atom stereocenters. The van der Waals surface area contributed by atoms with Gasteiger partial charge >= 0.3 is 6.18 Å². The van der Waals surface area contributed by atoms with E-state index in [-0.39, 0.29) is 11.3 Å². The first-order chi connectivity index (χ1) is 18.4. The van der Waals surface area contributed by atoms with Gasteiger partial charge in [-0.05, 0) is 56.7 Å². The molecule has 0 aliphatic carbocycles. The fraction of sp³-hybridized carbons (Fsp3) is 0.222. The number of hydrazine groups is 1. The Labute approximate surface area is 223 Å². The Kier molecular flexibility index (Phi) is 7.50. The number of benzene rings is 2. The molecule has 39 heavy (non-hydrogen) atoms. The first-order valence-electron chi connectivity index (χ1n) is 11.9. The number of imidazole rings is 1. The quantitative estimate of drug-likeness (QED) is 0.233. The molecule has 2 heterocycles. The average Bonchev–Trinajstić information content (AvgIpc) is 3.47. The smallest absolute Gasteiger partial charge is 0.386 e. The van der Waals surface area contributed by atoms with E-state index < -0.39 is 17.6 Å². The molecule has 2 aromatic heterocycles. The van der Waals surface area contributed by atoms with Gasteiger partial charge in [-0.1, -0.05) is 6.07 Å². The van der Waals surface area contributed by atoms with Gasteiger partial charge in [0.25, 0.3) is 5.91 Å². The Balaban J connectivity index is 1.64. The van der Waals surface area contributed by atoms with E-state index >= 15 is 0 Å². The topological polar surface area (TPSA) is 106 Å². The van der Waals surface area contributed by atoms with Crippen LogP contribution in [0.5, 0.6) is 0 Å². The monoisotopic (exact) mass is 538 g/mol. The zero-order chi connectivity index (χ0) is 28.5. The molecular formula is C27H29F3N8O. The molecule has 0 saturated heterocycles. The fourth-order valence-electron chi connectivity index (χ4n) is 4.03. The second-order valence-electron chi connectivity index (χ2n) is 9.11. The second-order valence-corrected chi connectivity index (χ2v) is 9.11. The first kappa shape index (κ1) is 27.5. The van der Waals surface area contributed by atoms with Gasteiger partial charge in [0.2, 0.25) is 0 Å². The van der Waals surface area contributed by atoms with Crippen LogP contribution in [0.3, 0.4) is 0 Å². The minimum absolute atomic E-state index is 0.151. The highest BCUT2D eigenvalue weighted by Crippen LogP contribution is 2.32. The minimum Gasteiger partial charge on any atom is -0.386 e. The van der Waals surface area contributed by atoms with Crippen LogP contribution in [0.2, 0.25) is 0 Å². The average molecular weight is 539 g/mol. The van der Waals surface area contributed by atoms with Crippen LogP contribution in [0.4, 0.5) is 24.5 Å². The van der Waals surface area contributed by atoms with E-state index in [4.69, 9.17) is 5.84 Å². The molecule has 0 spiro atoms. The number of aromatic nitrogens is 4. The van der Waals surface area contributed by atoms with Crippen molar-refractivity contribution in [3.05, 3.63) is 95.0 Å². The van der Waals surface area contributed by atoms with Gasteiger partial charge in [0, 0.05) is 54.7 Å². The summed E-state index contributed by atoms with van der Waals surface area (Å²) in [6.07, 6.45) is 1.77. The van der Waals surface area contributed by atoms with Gasteiger partial charge in [-0.25, -0.2) is 10.8 Å². The number of anilines is 2. The van der Waals surface area contributed by atoms with Crippen molar-refractivity contribution < 1.29 is 18.0 Å².